The number of rotatable bonds is 19. The van der Waals surface area contributed by atoms with Gasteiger partial charge in [-0.1, -0.05) is 79.9 Å². The highest BCUT2D eigenvalue weighted by Crippen LogP contribution is 2.76. The zero-order chi connectivity index (χ0) is 42.7. The topological polar surface area (TPSA) is 114 Å². The van der Waals surface area contributed by atoms with Crippen molar-refractivity contribution >= 4 is 45.7 Å². The van der Waals surface area contributed by atoms with Crippen molar-refractivity contribution in [3.63, 3.8) is 0 Å². The Bertz CT molecular complexity index is 1490. The minimum atomic E-state index is -1.08. The summed E-state index contributed by atoms with van der Waals surface area (Å²) in [6, 6.07) is 0. The fourth-order valence-electron chi connectivity index (χ4n) is 12.1. The minimum Gasteiger partial charge on any atom is -0.463 e. The van der Waals surface area contributed by atoms with Crippen LogP contribution in [0.2, 0.25) is 0 Å². The summed E-state index contributed by atoms with van der Waals surface area (Å²) in [5.74, 6) is 0.0357. The fraction of sp³-hybridized carbons (Fsp3) is 0.870. The van der Waals surface area contributed by atoms with E-state index < -0.39 is 41.3 Å². The molecule has 4 aliphatic rings. The lowest BCUT2D eigenvalue weighted by atomic mass is 9.38. The van der Waals surface area contributed by atoms with Crippen molar-refractivity contribution in [3.8, 4) is 0 Å². The average Bonchev–Trinajstić information content (AvgIpc) is 3.40. The van der Waals surface area contributed by atoms with Gasteiger partial charge in [0.15, 0.2) is 6.61 Å². The van der Waals surface area contributed by atoms with Gasteiger partial charge in [0.1, 0.15) is 29.5 Å². The van der Waals surface area contributed by atoms with Crippen LogP contribution >= 0.6 is 21.9 Å². The summed E-state index contributed by atoms with van der Waals surface area (Å²) in [7, 11) is 2.56. The van der Waals surface area contributed by atoms with E-state index >= 15 is 0 Å². The number of carbonyl (C=O) groups excluding carboxylic acids is 4. The monoisotopic (exact) mass is 836 g/mol. The summed E-state index contributed by atoms with van der Waals surface area (Å²) < 4.78 is 26.6. The fourth-order valence-corrected chi connectivity index (χ4v) is 13.4. The van der Waals surface area contributed by atoms with E-state index in [4.69, 9.17) is 23.1 Å². The number of fused-ring (bicyclic) bond motifs is 5. The van der Waals surface area contributed by atoms with E-state index in [9.17, 15) is 19.2 Å². The average molecular weight is 837 g/mol. The second kappa shape index (κ2) is 18.5. The van der Waals surface area contributed by atoms with Crippen LogP contribution < -0.4 is 0 Å². The van der Waals surface area contributed by atoms with Crippen LogP contribution in [-0.4, -0.2) is 62.7 Å². The third-order valence-corrected chi connectivity index (χ3v) is 17.4. The second-order valence-corrected chi connectivity index (χ2v) is 23.2. The minimum absolute atomic E-state index is 0.00470. The first-order valence-corrected chi connectivity index (χ1v) is 23.8. The molecule has 7 atom stereocenters. The van der Waals surface area contributed by atoms with Crippen LogP contribution in [0.4, 0.5) is 0 Å². The van der Waals surface area contributed by atoms with Gasteiger partial charge in [0.2, 0.25) is 0 Å². The van der Waals surface area contributed by atoms with Gasteiger partial charge < -0.3 is 23.1 Å². The first-order valence-electron chi connectivity index (χ1n) is 21.6. The lowest BCUT2D eigenvalue weighted by Crippen LogP contribution is -2.59. The van der Waals surface area contributed by atoms with E-state index in [1.54, 1.807) is 27.7 Å². The molecule has 4 aliphatic carbocycles. The van der Waals surface area contributed by atoms with Crippen molar-refractivity contribution < 1.29 is 42.3 Å². The van der Waals surface area contributed by atoms with E-state index in [0.717, 1.165) is 59.4 Å². The Kier molecular flexibility index (Phi) is 15.6. The van der Waals surface area contributed by atoms with Gasteiger partial charge in [-0.15, -0.1) is 0 Å². The van der Waals surface area contributed by atoms with Crippen molar-refractivity contribution in [1.82, 2.24) is 0 Å². The second-order valence-electron chi connectivity index (χ2n) is 21.2. The first-order chi connectivity index (χ1) is 26.4. The summed E-state index contributed by atoms with van der Waals surface area (Å²) in [6.45, 7) is 26.9. The molecule has 0 aromatic carbocycles. The summed E-state index contributed by atoms with van der Waals surface area (Å²) in [6.07, 6.45) is 15.1. The molecule has 0 spiro atoms. The summed E-state index contributed by atoms with van der Waals surface area (Å²) in [5, 5.41) is 0. The smallest absolute Gasteiger partial charge is 0.344 e. The number of methoxy groups -OCH3 is 1. The molecule has 0 radical (unpaired) electrons. The molecule has 326 valence electrons. The molecule has 0 aromatic heterocycles. The molecular formula is C46H76O9S2. The van der Waals surface area contributed by atoms with Gasteiger partial charge >= 0.3 is 23.9 Å². The van der Waals surface area contributed by atoms with E-state index in [-0.39, 0.29) is 35.7 Å². The van der Waals surface area contributed by atoms with Crippen LogP contribution in [0, 0.1) is 55.7 Å². The molecule has 0 saturated heterocycles. The first kappa shape index (κ1) is 48.0. The molecule has 0 bridgehead atoms. The van der Waals surface area contributed by atoms with E-state index in [2.05, 4.69) is 61.5 Å². The van der Waals surface area contributed by atoms with Crippen molar-refractivity contribution in [3.05, 3.63) is 11.6 Å². The highest BCUT2D eigenvalue weighted by atomic mass is 33.1. The third-order valence-electron chi connectivity index (χ3n) is 15.9. The standard InChI is InChI=1S/C46H76O9S2/c1-31(2)15-14-20-42(7,8)45(11)24-23-43(9)34-17-16-32-27-33(18-21-44(32,10)46(34,12)22-19-35(43)45)54-36(47)28-53-38(49)40(3,4)30-41(5,6)39(50)55-57-56-29-37(48)52-26-25-51-13/h16,31,33-35H,14-15,17-30H2,1-13H3/t33?,34-,35-,43-,44-,45-,46-/m0/s1. The molecule has 0 N–H and O–H groups in total. The number of carbonyl (C=O) groups is 4. The molecule has 3 saturated carbocycles. The largest absolute Gasteiger partial charge is 0.463 e. The molecule has 4 rings (SSSR count). The van der Waals surface area contributed by atoms with Crippen molar-refractivity contribution in [2.75, 3.05) is 32.7 Å². The zero-order valence-corrected chi connectivity index (χ0v) is 39.3. The zero-order valence-electron chi connectivity index (χ0n) is 37.7. The number of allylic oxidation sites excluding steroid dienone is 1. The maximum absolute atomic E-state index is 13.2. The predicted octanol–water partition coefficient (Wildman–Crippen LogP) is 11.1. The van der Waals surface area contributed by atoms with E-state index in [1.165, 1.54) is 57.6 Å². The van der Waals surface area contributed by atoms with E-state index in [1.807, 2.05) is 0 Å². The van der Waals surface area contributed by atoms with Gasteiger partial charge in [0.25, 0.3) is 0 Å². The van der Waals surface area contributed by atoms with Gasteiger partial charge in [0, 0.05) is 13.5 Å². The van der Waals surface area contributed by atoms with Crippen molar-refractivity contribution in [1.29, 1.82) is 0 Å². The molecule has 3 fully saturated rings. The molecule has 0 aliphatic heterocycles. The molecule has 9 nitrogen and oxygen atoms in total. The van der Waals surface area contributed by atoms with Crippen LogP contribution in [0.5, 0.6) is 0 Å². The lowest BCUT2D eigenvalue weighted by molar-refractivity contribution is -0.172. The van der Waals surface area contributed by atoms with E-state index in [0.29, 0.717) is 28.8 Å². The number of esters is 3. The summed E-state index contributed by atoms with van der Waals surface area (Å²) >= 11 is 0.793. The molecule has 0 heterocycles. The third kappa shape index (κ3) is 10.3. The normalized spacial score (nSPS) is 31.4. The van der Waals surface area contributed by atoms with Crippen molar-refractivity contribution in [2.24, 2.45) is 55.7 Å². The molecule has 0 amide bonds. The number of hydrogen-bond acceptors (Lipinski definition) is 11. The van der Waals surface area contributed by atoms with Crippen LogP contribution in [0.1, 0.15) is 160 Å². The van der Waals surface area contributed by atoms with Gasteiger partial charge in [-0.25, -0.2) is 4.79 Å². The molecule has 11 heteroatoms. The van der Waals surface area contributed by atoms with Crippen molar-refractivity contribution in [2.45, 2.75) is 166 Å². The Morgan fingerprint density at radius 1 is 0.842 bits per heavy atom. The number of hydrogen-bond donors (Lipinski definition) is 0. The summed E-state index contributed by atoms with van der Waals surface area (Å²) in [4.78, 5) is 50.9. The Hall–Kier alpha value is -1.72. The quantitative estimate of drug-likeness (QED) is 0.0309. The Labute approximate surface area is 353 Å². The Balaban J connectivity index is 1.29. The van der Waals surface area contributed by atoms with Gasteiger partial charge in [-0.3, -0.25) is 14.4 Å². The highest BCUT2D eigenvalue weighted by molar-refractivity contribution is 8.75. The SMILES string of the molecule is COCCOC(=O)CSSOC(=O)C(C)(C)CC(C)(C)C(=O)OCC(=O)OC1CC[C@@]2(C)C(=CC[C@H]3[C@]4(C)CC[C@](C)(C(C)(C)CCCC(C)C)[C@H]4CC[C@@]32C)C1. The molecule has 0 aromatic rings. The highest BCUT2D eigenvalue weighted by Gasteiger charge is 2.68. The predicted molar refractivity (Wildman–Crippen MR) is 229 cm³/mol. The lowest BCUT2D eigenvalue weighted by Gasteiger charge is -2.66. The molecule has 1 unspecified atom stereocenters. The number of ether oxygens (including phenoxy) is 4. The van der Waals surface area contributed by atoms with Crippen LogP contribution in [0.15, 0.2) is 11.6 Å². The van der Waals surface area contributed by atoms with Crippen LogP contribution in [-0.2, 0) is 42.3 Å². The molecular weight excluding hydrogens is 761 g/mol. The molecule has 57 heavy (non-hydrogen) atoms. The Morgan fingerprint density at radius 3 is 2.19 bits per heavy atom. The maximum atomic E-state index is 13.2. The van der Waals surface area contributed by atoms with Crippen LogP contribution in [0.25, 0.3) is 0 Å². The van der Waals surface area contributed by atoms with Gasteiger partial charge in [-0.05, 0) is 141 Å². The maximum Gasteiger partial charge on any atom is 0.344 e. The summed E-state index contributed by atoms with van der Waals surface area (Å²) in [5.41, 5.74) is 0.569. The Morgan fingerprint density at radius 2 is 1.53 bits per heavy atom. The van der Waals surface area contributed by atoms with Gasteiger partial charge in [-0.2, -0.15) is 0 Å². The van der Waals surface area contributed by atoms with Gasteiger partial charge in [0.05, 0.1) is 17.4 Å². The van der Waals surface area contributed by atoms with Crippen LogP contribution in [0.3, 0.4) is 0 Å².